The summed E-state index contributed by atoms with van der Waals surface area (Å²) in [5, 5.41) is 9.74. The standard InChI is InChI=1S/C76H131NO8/c1-6-8-10-12-14-16-18-20-22-24-26-28-30-32-34-36-37-39-40-42-44-46-48-50-52-54-56-58-60-62-64-66-73(78)83-70-72(71-84-76(75(80)81)82-69-68-77(3,4)5)85-74(79)67-65-63-61-59-57-55-53-51-49-47-45-43-41-38-35-33-31-29-27-25-23-21-19-17-15-13-11-9-7-2/h9,11,15,17,21,23,27,29,33,35,41,43,47,49,53,55,59,61,72,76H,6-8,10,12-14,16,18-20,22,24-26,28,30-32,34,36-40,42,44-46,48,50-52,54,56-58,60,62-71H2,1-5H3/p+1/b11-9-,17-15-,23-21-,29-27-,35-33-,43-41-,49-47-,55-53-,61-59-. The van der Waals surface area contributed by atoms with E-state index in [4.69, 9.17) is 18.9 Å². The summed E-state index contributed by atoms with van der Waals surface area (Å²) >= 11 is 0. The van der Waals surface area contributed by atoms with Crippen LogP contribution in [0.3, 0.4) is 0 Å². The van der Waals surface area contributed by atoms with Crippen LogP contribution in [0.15, 0.2) is 109 Å². The number of unbranched alkanes of at least 4 members (excludes halogenated alkanes) is 31. The molecular weight excluding hydrogens is 1050 g/mol. The van der Waals surface area contributed by atoms with Gasteiger partial charge in [-0.25, -0.2) is 4.79 Å². The van der Waals surface area contributed by atoms with Crippen molar-refractivity contribution in [2.24, 2.45) is 0 Å². The number of nitrogens with zero attached hydrogens (tertiary/aromatic N) is 1. The number of carbonyl (C=O) groups is 3. The molecule has 0 saturated carbocycles. The van der Waals surface area contributed by atoms with E-state index in [2.05, 4.69) is 123 Å². The number of esters is 2. The minimum Gasteiger partial charge on any atom is -0.477 e. The van der Waals surface area contributed by atoms with Gasteiger partial charge in [0, 0.05) is 12.8 Å². The highest BCUT2D eigenvalue weighted by molar-refractivity contribution is 5.71. The third-order valence-corrected chi connectivity index (χ3v) is 15.0. The van der Waals surface area contributed by atoms with Crippen LogP contribution in [0.1, 0.15) is 296 Å². The van der Waals surface area contributed by atoms with Gasteiger partial charge in [-0.2, -0.15) is 0 Å². The Hall–Kier alpha value is -4.05. The Morgan fingerprint density at radius 3 is 0.988 bits per heavy atom. The van der Waals surface area contributed by atoms with Crippen molar-refractivity contribution in [2.45, 2.75) is 309 Å². The van der Waals surface area contributed by atoms with E-state index in [1.165, 1.54) is 180 Å². The van der Waals surface area contributed by atoms with E-state index in [1.807, 2.05) is 21.1 Å². The molecule has 9 heteroatoms. The molecule has 0 saturated heterocycles. The first kappa shape index (κ1) is 81.0. The topological polar surface area (TPSA) is 108 Å². The van der Waals surface area contributed by atoms with E-state index < -0.39 is 24.3 Å². The highest BCUT2D eigenvalue weighted by Gasteiger charge is 2.25. The molecule has 0 aromatic carbocycles. The van der Waals surface area contributed by atoms with Gasteiger partial charge >= 0.3 is 17.9 Å². The number of quaternary nitrogens is 1. The number of hydrogen-bond donors (Lipinski definition) is 1. The van der Waals surface area contributed by atoms with E-state index in [1.54, 1.807) is 0 Å². The summed E-state index contributed by atoms with van der Waals surface area (Å²) in [6.45, 7) is 4.72. The molecule has 0 aromatic heterocycles. The van der Waals surface area contributed by atoms with Crippen molar-refractivity contribution in [3.63, 3.8) is 0 Å². The molecule has 0 bridgehead atoms. The number of hydrogen-bond acceptors (Lipinski definition) is 7. The van der Waals surface area contributed by atoms with Crippen LogP contribution in [0, 0.1) is 0 Å². The lowest BCUT2D eigenvalue weighted by atomic mass is 10.0. The fraction of sp³-hybridized carbons (Fsp3) is 0.724. The Balaban J connectivity index is 4.21. The molecule has 0 radical (unpaired) electrons. The van der Waals surface area contributed by atoms with E-state index >= 15 is 0 Å². The van der Waals surface area contributed by atoms with Crippen LogP contribution < -0.4 is 0 Å². The number of allylic oxidation sites excluding steroid dienone is 18. The van der Waals surface area contributed by atoms with Crippen LogP contribution >= 0.6 is 0 Å². The van der Waals surface area contributed by atoms with Gasteiger partial charge in [0.05, 0.1) is 34.4 Å². The van der Waals surface area contributed by atoms with E-state index in [-0.39, 0.29) is 38.6 Å². The number of likely N-dealkylation sites (N-methyl/N-ethyl adjacent to an activating group) is 1. The molecule has 0 spiro atoms. The van der Waals surface area contributed by atoms with Gasteiger partial charge < -0.3 is 28.5 Å². The van der Waals surface area contributed by atoms with Gasteiger partial charge in [0.2, 0.25) is 0 Å². The predicted molar refractivity (Wildman–Crippen MR) is 364 cm³/mol. The molecule has 0 aromatic rings. The average molecular weight is 1190 g/mol. The first-order valence-electron chi connectivity index (χ1n) is 35.1. The lowest BCUT2D eigenvalue weighted by Gasteiger charge is -2.25. The quantitative estimate of drug-likeness (QED) is 0.0211. The molecule has 488 valence electrons. The van der Waals surface area contributed by atoms with Crippen LogP contribution in [0.4, 0.5) is 0 Å². The van der Waals surface area contributed by atoms with Crippen molar-refractivity contribution in [1.29, 1.82) is 0 Å². The SMILES string of the molecule is CC/C=C\C/C=C\C/C=C\C/C=C\C/C=C\C/C=C\C/C=C\C/C=C\C/C=C\CCCC(=O)OC(COC(=O)CCCCCCCCCCCCCCCCCCCCCCCCCCCCCCCCC)COC(OCC[N+](C)(C)C)C(=O)O. The largest absolute Gasteiger partial charge is 0.477 e. The molecule has 1 N–H and O–H groups in total. The summed E-state index contributed by atoms with van der Waals surface area (Å²) in [7, 11) is 5.95. The second-order valence-electron chi connectivity index (χ2n) is 24.5. The summed E-state index contributed by atoms with van der Waals surface area (Å²) < 4.78 is 22.9. The Bertz CT molecular complexity index is 1760. The molecule has 0 heterocycles. The molecule has 85 heavy (non-hydrogen) atoms. The highest BCUT2D eigenvalue weighted by atomic mass is 16.7. The van der Waals surface area contributed by atoms with Gasteiger partial charge in [0.25, 0.3) is 6.29 Å². The third kappa shape index (κ3) is 67.3. The minimum atomic E-state index is -1.53. The Morgan fingerprint density at radius 2 is 0.671 bits per heavy atom. The first-order valence-corrected chi connectivity index (χ1v) is 35.1. The molecular formula is C76H132NO8+. The summed E-state index contributed by atoms with van der Waals surface area (Å²) in [6.07, 6.45) is 89.4. The molecule has 0 aliphatic carbocycles. The zero-order valence-electron chi connectivity index (χ0n) is 55.7. The van der Waals surface area contributed by atoms with Gasteiger partial charge in [0.15, 0.2) is 6.10 Å². The lowest BCUT2D eigenvalue weighted by molar-refractivity contribution is -0.870. The van der Waals surface area contributed by atoms with E-state index in [0.29, 0.717) is 23.9 Å². The number of carbonyl (C=O) groups excluding carboxylic acids is 2. The summed E-state index contributed by atoms with van der Waals surface area (Å²) in [4.78, 5) is 37.6. The Morgan fingerprint density at radius 1 is 0.365 bits per heavy atom. The number of aliphatic carboxylic acids is 1. The molecule has 0 aliphatic rings. The maximum atomic E-state index is 12.9. The second-order valence-corrected chi connectivity index (χ2v) is 24.5. The van der Waals surface area contributed by atoms with Gasteiger partial charge in [-0.15, -0.1) is 0 Å². The molecule has 2 unspecified atom stereocenters. The normalized spacial score (nSPS) is 13.4. The predicted octanol–water partition coefficient (Wildman–Crippen LogP) is 21.8. The monoisotopic (exact) mass is 1190 g/mol. The summed E-state index contributed by atoms with van der Waals surface area (Å²) in [5.41, 5.74) is 0. The van der Waals surface area contributed by atoms with E-state index in [0.717, 1.165) is 77.0 Å². The highest BCUT2D eigenvalue weighted by Crippen LogP contribution is 2.18. The zero-order valence-corrected chi connectivity index (χ0v) is 55.7. The number of carboxylic acid groups (broad SMARTS) is 1. The maximum Gasteiger partial charge on any atom is 0.361 e. The summed E-state index contributed by atoms with van der Waals surface area (Å²) in [5.74, 6) is -2.08. The maximum absolute atomic E-state index is 12.9. The fourth-order valence-electron chi connectivity index (χ4n) is 9.72. The Labute approximate surface area is 524 Å². The van der Waals surface area contributed by atoms with Crippen LogP contribution in [0.5, 0.6) is 0 Å². The van der Waals surface area contributed by atoms with Gasteiger partial charge in [-0.05, 0) is 77.0 Å². The van der Waals surface area contributed by atoms with E-state index in [9.17, 15) is 19.5 Å². The van der Waals surface area contributed by atoms with Crippen LogP contribution in [0.25, 0.3) is 0 Å². The van der Waals surface area contributed by atoms with Crippen molar-refractivity contribution in [3.05, 3.63) is 109 Å². The molecule has 0 aliphatic heterocycles. The fourth-order valence-corrected chi connectivity index (χ4v) is 9.72. The molecule has 0 amide bonds. The van der Waals surface area contributed by atoms with Crippen molar-refractivity contribution in [3.8, 4) is 0 Å². The smallest absolute Gasteiger partial charge is 0.361 e. The van der Waals surface area contributed by atoms with Gasteiger partial charge in [-0.1, -0.05) is 316 Å². The van der Waals surface area contributed by atoms with Crippen molar-refractivity contribution in [1.82, 2.24) is 0 Å². The first-order chi connectivity index (χ1) is 41.6. The molecule has 0 fully saturated rings. The lowest BCUT2D eigenvalue weighted by Crippen LogP contribution is -2.40. The second kappa shape index (κ2) is 65.9. The minimum absolute atomic E-state index is 0.172. The van der Waals surface area contributed by atoms with Crippen LogP contribution in [-0.2, 0) is 33.3 Å². The van der Waals surface area contributed by atoms with Crippen molar-refractivity contribution >= 4 is 17.9 Å². The van der Waals surface area contributed by atoms with Gasteiger partial charge in [-0.3, -0.25) is 9.59 Å². The molecule has 9 nitrogen and oxygen atoms in total. The van der Waals surface area contributed by atoms with Crippen LogP contribution in [-0.4, -0.2) is 87.4 Å². The van der Waals surface area contributed by atoms with Crippen molar-refractivity contribution in [2.75, 3.05) is 47.5 Å². The number of rotatable bonds is 64. The average Bonchev–Trinajstić information content (AvgIpc) is 3.48. The Kier molecular flexibility index (Phi) is 62.8. The third-order valence-electron chi connectivity index (χ3n) is 15.0. The van der Waals surface area contributed by atoms with Gasteiger partial charge in [0.1, 0.15) is 13.2 Å². The molecule has 2 atom stereocenters. The zero-order chi connectivity index (χ0) is 61.9. The number of carboxylic acids is 1. The number of ether oxygens (including phenoxy) is 4. The molecule has 0 rings (SSSR count). The van der Waals surface area contributed by atoms with Crippen molar-refractivity contribution < 1.29 is 42.9 Å². The summed E-state index contributed by atoms with van der Waals surface area (Å²) in [6, 6.07) is 0. The van der Waals surface area contributed by atoms with Crippen LogP contribution in [0.2, 0.25) is 0 Å².